The van der Waals surface area contributed by atoms with Crippen LogP contribution in [-0.2, 0) is 0 Å². The molecule has 1 fully saturated rings. The average Bonchev–Trinajstić information content (AvgIpc) is 3.37. The van der Waals surface area contributed by atoms with Gasteiger partial charge in [0.15, 0.2) is 0 Å². The summed E-state index contributed by atoms with van der Waals surface area (Å²) in [4.78, 5) is 29.5. The zero-order valence-electron chi connectivity index (χ0n) is 15.2. The topological polar surface area (TPSA) is 102 Å². The Morgan fingerprint density at radius 3 is 2.79 bits per heavy atom. The van der Waals surface area contributed by atoms with Gasteiger partial charge < -0.3 is 9.42 Å². The van der Waals surface area contributed by atoms with Crippen LogP contribution in [0.2, 0.25) is 0 Å². The number of nitro benzene ring substituents is 1. The maximum absolute atomic E-state index is 12.9. The number of aryl methyl sites for hydroxylation is 1. The van der Waals surface area contributed by atoms with Crippen LogP contribution >= 0.6 is 0 Å². The molecule has 142 valence electrons. The van der Waals surface area contributed by atoms with Crippen LogP contribution in [0.25, 0.3) is 11.4 Å². The Bertz CT molecular complexity index is 1030. The molecule has 2 heterocycles. The smallest absolute Gasteiger partial charge is 0.270 e. The van der Waals surface area contributed by atoms with Gasteiger partial charge in [-0.2, -0.15) is 4.98 Å². The highest BCUT2D eigenvalue weighted by atomic mass is 16.6. The minimum absolute atomic E-state index is 0.110. The van der Waals surface area contributed by atoms with E-state index < -0.39 is 4.92 Å². The number of hydrogen-bond donors (Lipinski definition) is 0. The summed E-state index contributed by atoms with van der Waals surface area (Å²) in [5.41, 5.74) is 2.15. The molecule has 0 N–H and O–H groups in total. The maximum Gasteiger partial charge on any atom is 0.270 e. The zero-order chi connectivity index (χ0) is 19.7. The van der Waals surface area contributed by atoms with E-state index in [1.165, 1.54) is 18.2 Å². The second-order valence-electron chi connectivity index (χ2n) is 6.79. The van der Waals surface area contributed by atoms with Gasteiger partial charge in [-0.15, -0.1) is 0 Å². The molecular weight excluding hydrogens is 360 g/mol. The summed E-state index contributed by atoms with van der Waals surface area (Å²) in [6.45, 7) is 2.54. The SMILES string of the molecule is Cc1ccc(-c2noc([C@@H]3CCCN3C(=O)c3cccc([N+](=O)[O-])c3)n2)cc1. The third-order valence-electron chi connectivity index (χ3n) is 4.85. The molecule has 1 atom stereocenters. The Labute approximate surface area is 160 Å². The number of non-ortho nitro benzene ring substituents is 1. The Morgan fingerprint density at radius 1 is 1.25 bits per heavy atom. The lowest BCUT2D eigenvalue weighted by molar-refractivity contribution is -0.384. The number of likely N-dealkylation sites (tertiary alicyclic amines) is 1. The number of nitro groups is 1. The highest BCUT2D eigenvalue weighted by molar-refractivity contribution is 5.95. The van der Waals surface area contributed by atoms with Crippen molar-refractivity contribution in [3.05, 3.63) is 75.7 Å². The summed E-state index contributed by atoms with van der Waals surface area (Å²) in [6.07, 6.45) is 1.50. The van der Waals surface area contributed by atoms with Gasteiger partial charge in [-0.05, 0) is 25.8 Å². The summed E-state index contributed by atoms with van der Waals surface area (Å²) >= 11 is 0. The minimum atomic E-state index is -0.510. The van der Waals surface area contributed by atoms with E-state index in [4.69, 9.17) is 4.52 Å². The molecule has 0 unspecified atom stereocenters. The van der Waals surface area contributed by atoms with Crippen LogP contribution in [0.4, 0.5) is 5.69 Å². The van der Waals surface area contributed by atoms with E-state index in [0.29, 0.717) is 24.7 Å². The van der Waals surface area contributed by atoms with E-state index in [1.807, 2.05) is 31.2 Å². The molecule has 28 heavy (non-hydrogen) atoms. The van der Waals surface area contributed by atoms with Crippen LogP contribution in [-0.4, -0.2) is 32.4 Å². The quantitative estimate of drug-likeness (QED) is 0.503. The molecule has 0 bridgehead atoms. The van der Waals surface area contributed by atoms with Crippen molar-refractivity contribution in [2.75, 3.05) is 6.54 Å². The van der Waals surface area contributed by atoms with Crippen LogP contribution in [0, 0.1) is 17.0 Å². The van der Waals surface area contributed by atoms with Gasteiger partial charge in [0, 0.05) is 29.8 Å². The van der Waals surface area contributed by atoms with Gasteiger partial charge in [-0.3, -0.25) is 14.9 Å². The van der Waals surface area contributed by atoms with Crippen molar-refractivity contribution in [2.24, 2.45) is 0 Å². The maximum atomic E-state index is 12.9. The second kappa shape index (κ2) is 7.22. The van der Waals surface area contributed by atoms with E-state index in [2.05, 4.69) is 10.1 Å². The van der Waals surface area contributed by atoms with E-state index in [0.717, 1.165) is 17.5 Å². The van der Waals surface area contributed by atoms with Gasteiger partial charge in [0.2, 0.25) is 11.7 Å². The number of nitrogens with zero attached hydrogens (tertiary/aromatic N) is 4. The number of aromatic nitrogens is 2. The van der Waals surface area contributed by atoms with Crippen molar-refractivity contribution >= 4 is 11.6 Å². The molecule has 0 saturated carbocycles. The van der Waals surface area contributed by atoms with Crippen LogP contribution in [0.3, 0.4) is 0 Å². The van der Waals surface area contributed by atoms with Crippen molar-refractivity contribution in [1.29, 1.82) is 0 Å². The van der Waals surface area contributed by atoms with Crippen molar-refractivity contribution < 1.29 is 14.2 Å². The molecule has 1 saturated heterocycles. The molecule has 0 radical (unpaired) electrons. The fourth-order valence-electron chi connectivity index (χ4n) is 3.38. The highest BCUT2D eigenvalue weighted by Gasteiger charge is 2.35. The van der Waals surface area contributed by atoms with E-state index in [1.54, 1.807) is 11.0 Å². The number of benzene rings is 2. The second-order valence-corrected chi connectivity index (χ2v) is 6.79. The van der Waals surface area contributed by atoms with Gasteiger partial charge in [0.1, 0.15) is 6.04 Å². The Kier molecular flexibility index (Phi) is 4.60. The minimum Gasteiger partial charge on any atom is -0.337 e. The molecule has 1 aliphatic heterocycles. The third-order valence-corrected chi connectivity index (χ3v) is 4.85. The Morgan fingerprint density at radius 2 is 2.04 bits per heavy atom. The molecule has 2 aromatic carbocycles. The van der Waals surface area contributed by atoms with Crippen molar-refractivity contribution in [1.82, 2.24) is 15.0 Å². The highest BCUT2D eigenvalue weighted by Crippen LogP contribution is 2.33. The fourth-order valence-corrected chi connectivity index (χ4v) is 3.38. The molecule has 1 aliphatic rings. The van der Waals surface area contributed by atoms with Gasteiger partial charge in [-0.1, -0.05) is 41.1 Å². The van der Waals surface area contributed by atoms with E-state index >= 15 is 0 Å². The zero-order valence-corrected chi connectivity index (χ0v) is 15.2. The summed E-state index contributed by atoms with van der Waals surface area (Å²) in [5, 5.41) is 15.0. The standard InChI is InChI=1S/C20H18N4O4/c1-13-7-9-14(10-8-13)18-21-19(28-22-18)17-6-3-11-23(17)20(25)15-4-2-5-16(12-15)24(26)27/h2,4-5,7-10,12,17H,3,6,11H2,1H3/t17-/m0/s1. The lowest BCUT2D eigenvalue weighted by atomic mass is 10.1. The number of carbonyl (C=O) groups excluding carboxylic acids is 1. The molecule has 0 aliphatic carbocycles. The van der Waals surface area contributed by atoms with Crippen molar-refractivity contribution in [2.45, 2.75) is 25.8 Å². The van der Waals surface area contributed by atoms with Gasteiger partial charge in [0.25, 0.3) is 11.6 Å². The first-order chi connectivity index (χ1) is 13.5. The molecule has 8 heteroatoms. The fraction of sp³-hybridized carbons (Fsp3) is 0.250. The Balaban J connectivity index is 1.59. The summed E-state index contributed by atoms with van der Waals surface area (Å²) in [7, 11) is 0. The average molecular weight is 378 g/mol. The summed E-state index contributed by atoms with van der Waals surface area (Å²) in [5.74, 6) is 0.581. The largest absolute Gasteiger partial charge is 0.337 e. The predicted molar refractivity (Wildman–Crippen MR) is 101 cm³/mol. The summed E-state index contributed by atoms with van der Waals surface area (Å²) < 4.78 is 5.45. The number of carbonyl (C=O) groups is 1. The Hall–Kier alpha value is -3.55. The number of rotatable bonds is 4. The molecular formula is C20H18N4O4. The molecule has 1 aromatic heterocycles. The lowest BCUT2D eigenvalue weighted by Crippen LogP contribution is -2.30. The first-order valence-corrected chi connectivity index (χ1v) is 8.99. The molecule has 0 spiro atoms. The van der Waals surface area contributed by atoms with E-state index in [-0.39, 0.29) is 23.2 Å². The number of hydrogen-bond acceptors (Lipinski definition) is 6. The van der Waals surface area contributed by atoms with Crippen LogP contribution < -0.4 is 0 Å². The van der Waals surface area contributed by atoms with Crippen molar-refractivity contribution in [3.8, 4) is 11.4 Å². The molecule has 3 aromatic rings. The summed E-state index contributed by atoms with van der Waals surface area (Å²) in [6, 6.07) is 13.2. The predicted octanol–water partition coefficient (Wildman–Crippen LogP) is 3.93. The molecule has 8 nitrogen and oxygen atoms in total. The monoisotopic (exact) mass is 378 g/mol. The van der Waals surface area contributed by atoms with Crippen molar-refractivity contribution in [3.63, 3.8) is 0 Å². The van der Waals surface area contributed by atoms with Gasteiger partial charge >= 0.3 is 0 Å². The van der Waals surface area contributed by atoms with Crippen LogP contribution in [0.1, 0.15) is 40.7 Å². The molecule has 1 amide bonds. The van der Waals surface area contributed by atoms with Gasteiger partial charge in [0.05, 0.1) is 4.92 Å². The molecule has 4 rings (SSSR count). The van der Waals surface area contributed by atoms with Gasteiger partial charge in [-0.25, -0.2) is 0 Å². The first-order valence-electron chi connectivity index (χ1n) is 8.99. The number of amides is 1. The van der Waals surface area contributed by atoms with Crippen LogP contribution in [0.5, 0.6) is 0 Å². The normalized spacial score (nSPS) is 16.3. The lowest BCUT2D eigenvalue weighted by Gasteiger charge is -2.21. The third kappa shape index (κ3) is 3.36. The van der Waals surface area contributed by atoms with Crippen LogP contribution in [0.15, 0.2) is 53.1 Å². The first kappa shape index (κ1) is 17.8. The van der Waals surface area contributed by atoms with E-state index in [9.17, 15) is 14.9 Å².